The first-order valence-corrected chi connectivity index (χ1v) is 7.44. The Morgan fingerprint density at radius 2 is 2.06 bits per heavy atom. The minimum atomic E-state index is 0.438. The van der Waals surface area contributed by atoms with Gasteiger partial charge in [-0.1, -0.05) is 27.7 Å². The van der Waals surface area contributed by atoms with E-state index in [1.54, 1.807) is 0 Å². The predicted molar refractivity (Wildman–Crippen MR) is 76.4 cm³/mol. The van der Waals surface area contributed by atoms with Gasteiger partial charge in [-0.25, -0.2) is 0 Å². The molecule has 2 atom stereocenters. The minimum Gasteiger partial charge on any atom is -0.313 e. The second-order valence-electron chi connectivity index (χ2n) is 6.48. The third-order valence-electron chi connectivity index (χ3n) is 4.56. The molecule has 1 rings (SSSR count). The van der Waals surface area contributed by atoms with E-state index in [4.69, 9.17) is 0 Å². The summed E-state index contributed by atoms with van der Waals surface area (Å²) in [6.07, 6.45) is 4.03. The Labute approximate surface area is 108 Å². The van der Waals surface area contributed by atoms with E-state index in [1.165, 1.54) is 38.9 Å². The first-order valence-electron chi connectivity index (χ1n) is 7.44. The van der Waals surface area contributed by atoms with Gasteiger partial charge in [0.2, 0.25) is 0 Å². The molecule has 0 aromatic rings. The predicted octanol–water partition coefficient (Wildman–Crippen LogP) is 3.13. The summed E-state index contributed by atoms with van der Waals surface area (Å²) in [5, 5.41) is 3.76. The van der Waals surface area contributed by atoms with E-state index in [1.807, 2.05) is 0 Å². The van der Waals surface area contributed by atoms with Crippen molar-refractivity contribution >= 4 is 0 Å². The number of rotatable bonds is 6. The molecule has 1 N–H and O–H groups in total. The molecule has 1 fully saturated rings. The Hall–Kier alpha value is -0.0800. The summed E-state index contributed by atoms with van der Waals surface area (Å²) in [4.78, 5) is 2.59. The lowest BCUT2D eigenvalue weighted by molar-refractivity contribution is 0.151. The van der Waals surface area contributed by atoms with Crippen molar-refractivity contribution in [3.63, 3.8) is 0 Å². The maximum Gasteiger partial charge on any atom is 0.00794 e. The summed E-state index contributed by atoms with van der Waals surface area (Å²) in [6, 6.07) is 0.662. The fourth-order valence-electron chi connectivity index (χ4n) is 2.52. The largest absolute Gasteiger partial charge is 0.313 e. The van der Waals surface area contributed by atoms with Crippen LogP contribution in [0.1, 0.15) is 53.9 Å². The lowest BCUT2D eigenvalue weighted by Gasteiger charge is -2.36. The van der Waals surface area contributed by atoms with Gasteiger partial charge in [-0.2, -0.15) is 0 Å². The molecule has 0 aliphatic carbocycles. The highest BCUT2D eigenvalue weighted by Gasteiger charge is 2.25. The summed E-state index contributed by atoms with van der Waals surface area (Å²) in [5.41, 5.74) is 0.438. The lowest BCUT2D eigenvalue weighted by atomic mass is 9.87. The van der Waals surface area contributed by atoms with Crippen LogP contribution in [0.5, 0.6) is 0 Å². The molecule has 2 unspecified atom stereocenters. The molecule has 0 amide bonds. The topological polar surface area (TPSA) is 15.3 Å². The molecule has 1 heterocycles. The van der Waals surface area contributed by atoms with Crippen LogP contribution in [0.25, 0.3) is 0 Å². The Morgan fingerprint density at radius 1 is 1.35 bits per heavy atom. The zero-order valence-corrected chi connectivity index (χ0v) is 12.6. The molecule has 0 saturated carbocycles. The summed E-state index contributed by atoms with van der Waals surface area (Å²) in [7, 11) is 0. The molecule has 102 valence electrons. The number of likely N-dealkylation sites (tertiary alicyclic amines) is 1. The second-order valence-corrected chi connectivity index (χ2v) is 6.48. The van der Waals surface area contributed by atoms with Gasteiger partial charge in [0.1, 0.15) is 0 Å². The molecule has 2 nitrogen and oxygen atoms in total. The average Bonchev–Trinajstić information content (AvgIpc) is 2.36. The molecular formula is C15H32N2. The SMILES string of the molecule is CCN1CCCC(C(C)NCC(C)(C)CC)C1. The molecular weight excluding hydrogens is 208 g/mol. The summed E-state index contributed by atoms with van der Waals surface area (Å²) in [5.74, 6) is 0.844. The van der Waals surface area contributed by atoms with Crippen LogP contribution in [0.3, 0.4) is 0 Å². The Balaban J connectivity index is 2.34. The molecule has 2 heteroatoms. The highest BCUT2D eigenvalue weighted by Crippen LogP contribution is 2.22. The number of piperidine rings is 1. The van der Waals surface area contributed by atoms with Gasteiger partial charge in [-0.05, 0) is 50.6 Å². The van der Waals surface area contributed by atoms with E-state index in [0.29, 0.717) is 11.5 Å². The van der Waals surface area contributed by atoms with Crippen molar-refractivity contribution in [2.75, 3.05) is 26.2 Å². The van der Waals surface area contributed by atoms with Crippen molar-refractivity contribution in [1.29, 1.82) is 0 Å². The molecule has 17 heavy (non-hydrogen) atoms. The first-order chi connectivity index (χ1) is 7.98. The van der Waals surface area contributed by atoms with E-state index in [0.717, 1.165) is 12.5 Å². The van der Waals surface area contributed by atoms with Gasteiger partial charge in [0.15, 0.2) is 0 Å². The van der Waals surface area contributed by atoms with Crippen LogP contribution in [-0.2, 0) is 0 Å². The highest BCUT2D eigenvalue weighted by atomic mass is 15.1. The molecule has 0 radical (unpaired) electrons. The van der Waals surface area contributed by atoms with Crippen molar-refractivity contribution in [2.45, 2.75) is 59.9 Å². The fourth-order valence-corrected chi connectivity index (χ4v) is 2.52. The Bertz CT molecular complexity index is 213. The standard InChI is InChI=1S/C15H32N2/c1-6-15(4,5)12-16-13(3)14-9-8-10-17(7-2)11-14/h13-14,16H,6-12H2,1-5H3. The second kappa shape index (κ2) is 6.75. The van der Waals surface area contributed by atoms with Crippen molar-refractivity contribution in [1.82, 2.24) is 10.2 Å². The maximum absolute atomic E-state index is 3.76. The number of hydrogen-bond donors (Lipinski definition) is 1. The summed E-state index contributed by atoms with van der Waals surface area (Å²) >= 11 is 0. The molecule has 0 bridgehead atoms. The molecule has 1 aliphatic rings. The van der Waals surface area contributed by atoms with E-state index in [-0.39, 0.29) is 0 Å². The van der Waals surface area contributed by atoms with Crippen LogP contribution < -0.4 is 5.32 Å². The van der Waals surface area contributed by atoms with Crippen molar-refractivity contribution in [3.05, 3.63) is 0 Å². The van der Waals surface area contributed by atoms with Crippen molar-refractivity contribution < 1.29 is 0 Å². The molecule has 0 aromatic carbocycles. The molecule has 0 spiro atoms. The smallest absolute Gasteiger partial charge is 0.00794 e. The monoisotopic (exact) mass is 240 g/mol. The first kappa shape index (κ1) is 15.0. The van der Waals surface area contributed by atoms with Crippen LogP contribution in [0.4, 0.5) is 0 Å². The van der Waals surface area contributed by atoms with Gasteiger partial charge in [-0.3, -0.25) is 0 Å². The third kappa shape index (κ3) is 4.97. The third-order valence-corrected chi connectivity index (χ3v) is 4.56. The molecule has 0 aromatic heterocycles. The van der Waals surface area contributed by atoms with Crippen LogP contribution in [0.2, 0.25) is 0 Å². The van der Waals surface area contributed by atoms with Crippen molar-refractivity contribution in [3.8, 4) is 0 Å². The maximum atomic E-state index is 3.76. The van der Waals surface area contributed by atoms with E-state index in [2.05, 4.69) is 44.8 Å². The minimum absolute atomic E-state index is 0.438. The average molecular weight is 240 g/mol. The zero-order valence-electron chi connectivity index (χ0n) is 12.6. The van der Waals surface area contributed by atoms with Crippen molar-refractivity contribution in [2.24, 2.45) is 11.3 Å². The summed E-state index contributed by atoms with van der Waals surface area (Å²) < 4.78 is 0. The quantitative estimate of drug-likeness (QED) is 0.767. The number of hydrogen-bond acceptors (Lipinski definition) is 2. The molecule has 1 aliphatic heterocycles. The van der Waals surface area contributed by atoms with Gasteiger partial charge in [-0.15, -0.1) is 0 Å². The van der Waals surface area contributed by atoms with E-state index in [9.17, 15) is 0 Å². The van der Waals surface area contributed by atoms with Crippen LogP contribution in [-0.4, -0.2) is 37.1 Å². The van der Waals surface area contributed by atoms with Gasteiger partial charge in [0.05, 0.1) is 0 Å². The van der Waals surface area contributed by atoms with Crippen LogP contribution in [0, 0.1) is 11.3 Å². The van der Waals surface area contributed by atoms with Gasteiger partial charge >= 0.3 is 0 Å². The number of nitrogens with one attached hydrogen (secondary N) is 1. The van der Waals surface area contributed by atoms with Crippen LogP contribution >= 0.6 is 0 Å². The van der Waals surface area contributed by atoms with Gasteiger partial charge in [0.25, 0.3) is 0 Å². The van der Waals surface area contributed by atoms with Crippen LogP contribution in [0.15, 0.2) is 0 Å². The normalized spacial score (nSPS) is 24.9. The van der Waals surface area contributed by atoms with Gasteiger partial charge in [0, 0.05) is 19.1 Å². The number of nitrogens with zero attached hydrogens (tertiary/aromatic N) is 1. The highest BCUT2D eigenvalue weighted by molar-refractivity contribution is 4.81. The molecule has 1 saturated heterocycles. The van der Waals surface area contributed by atoms with Gasteiger partial charge < -0.3 is 10.2 Å². The zero-order chi connectivity index (χ0) is 12.9. The Morgan fingerprint density at radius 3 is 2.65 bits per heavy atom. The van der Waals surface area contributed by atoms with E-state index < -0.39 is 0 Å². The fraction of sp³-hybridized carbons (Fsp3) is 1.00. The van der Waals surface area contributed by atoms with E-state index >= 15 is 0 Å². The summed E-state index contributed by atoms with van der Waals surface area (Å²) in [6.45, 7) is 16.6. The lowest BCUT2D eigenvalue weighted by Crippen LogP contribution is -2.46. The Kier molecular flexibility index (Phi) is 5.94.